The van der Waals surface area contributed by atoms with Crippen LogP contribution in [-0.4, -0.2) is 51.3 Å². The van der Waals surface area contributed by atoms with Crippen molar-refractivity contribution in [2.45, 2.75) is 50.5 Å². The molecule has 2 aliphatic rings. The van der Waals surface area contributed by atoms with Gasteiger partial charge in [0, 0.05) is 50.0 Å². The van der Waals surface area contributed by atoms with Crippen molar-refractivity contribution in [3.8, 4) is 0 Å². The second-order valence-electron chi connectivity index (χ2n) is 11.1. The van der Waals surface area contributed by atoms with E-state index in [1.807, 2.05) is 11.8 Å². The average molecular weight is 593 g/mol. The van der Waals surface area contributed by atoms with Crippen LogP contribution in [0.2, 0.25) is 0 Å². The van der Waals surface area contributed by atoms with Gasteiger partial charge in [-0.15, -0.1) is 0 Å². The summed E-state index contributed by atoms with van der Waals surface area (Å²) in [5.41, 5.74) is 2.92. The number of benzene rings is 3. The van der Waals surface area contributed by atoms with Gasteiger partial charge in [0.25, 0.3) is 15.9 Å². The molecule has 1 aliphatic heterocycles. The SMILES string of the molecule is Cc1ccc(S(=O)(=O)Nc2ccc(N3CCCN(C(=O)C4CCCC4)CC3)c(C(=O)NCc3ccc(F)cc3)c2)cc1. The molecule has 0 radical (unpaired) electrons. The summed E-state index contributed by atoms with van der Waals surface area (Å²) in [5, 5.41) is 2.89. The number of halogens is 1. The largest absolute Gasteiger partial charge is 0.369 e. The van der Waals surface area contributed by atoms with E-state index in [2.05, 4.69) is 14.9 Å². The Kier molecular flexibility index (Phi) is 9.11. The lowest BCUT2D eigenvalue weighted by Gasteiger charge is -2.27. The first-order chi connectivity index (χ1) is 20.2. The van der Waals surface area contributed by atoms with E-state index < -0.39 is 10.0 Å². The molecular formula is C32H37FN4O4S. The normalized spacial score (nSPS) is 16.2. The molecule has 1 aliphatic carbocycles. The van der Waals surface area contributed by atoms with Gasteiger partial charge in [0.15, 0.2) is 0 Å². The van der Waals surface area contributed by atoms with Gasteiger partial charge < -0.3 is 15.1 Å². The van der Waals surface area contributed by atoms with E-state index in [4.69, 9.17) is 0 Å². The van der Waals surface area contributed by atoms with Crippen molar-refractivity contribution in [2.75, 3.05) is 35.8 Å². The standard InChI is InChI=1S/C32H37FN4O4S/c1-23-7-14-28(15-8-23)42(40,41)35-27-13-16-30(29(21-27)31(38)34-22-24-9-11-26(33)12-10-24)36-17-4-18-37(20-19-36)32(39)25-5-2-3-6-25/h7-16,21,25,35H,2-6,17-20,22H2,1H3,(H,34,38). The molecule has 3 aromatic carbocycles. The van der Waals surface area contributed by atoms with Crippen LogP contribution in [-0.2, 0) is 21.4 Å². The molecule has 2 amide bonds. The first-order valence-corrected chi connectivity index (χ1v) is 16.0. The van der Waals surface area contributed by atoms with E-state index in [1.54, 1.807) is 42.5 Å². The van der Waals surface area contributed by atoms with E-state index in [0.29, 0.717) is 37.4 Å². The Bertz CT molecular complexity index is 1520. The molecule has 5 rings (SSSR count). The summed E-state index contributed by atoms with van der Waals surface area (Å²) in [6.45, 7) is 4.51. The Morgan fingerprint density at radius 1 is 0.881 bits per heavy atom. The van der Waals surface area contributed by atoms with E-state index in [1.165, 1.54) is 24.3 Å². The molecule has 3 aromatic rings. The van der Waals surface area contributed by atoms with Crippen LogP contribution in [0.15, 0.2) is 71.6 Å². The third-order valence-electron chi connectivity index (χ3n) is 8.04. The van der Waals surface area contributed by atoms with Gasteiger partial charge in [-0.25, -0.2) is 12.8 Å². The summed E-state index contributed by atoms with van der Waals surface area (Å²) in [4.78, 5) is 30.8. The Balaban J connectivity index is 1.38. The number of rotatable bonds is 8. The molecular weight excluding hydrogens is 555 g/mol. The van der Waals surface area contributed by atoms with E-state index >= 15 is 0 Å². The Hall–Kier alpha value is -3.92. The lowest BCUT2D eigenvalue weighted by atomic mass is 10.1. The van der Waals surface area contributed by atoms with Crippen LogP contribution in [0.3, 0.4) is 0 Å². The molecule has 0 aromatic heterocycles. The molecule has 2 N–H and O–H groups in total. The number of hydrogen-bond donors (Lipinski definition) is 2. The number of nitrogens with one attached hydrogen (secondary N) is 2. The maximum Gasteiger partial charge on any atom is 0.261 e. The second kappa shape index (κ2) is 12.9. The smallest absolute Gasteiger partial charge is 0.261 e. The van der Waals surface area contributed by atoms with Crippen molar-refractivity contribution in [1.29, 1.82) is 0 Å². The van der Waals surface area contributed by atoms with E-state index in [0.717, 1.165) is 43.2 Å². The molecule has 1 saturated heterocycles. The fourth-order valence-electron chi connectivity index (χ4n) is 5.68. The molecule has 0 atom stereocenters. The number of sulfonamides is 1. The molecule has 0 spiro atoms. The lowest BCUT2D eigenvalue weighted by Crippen LogP contribution is -2.38. The zero-order valence-electron chi connectivity index (χ0n) is 23.8. The molecule has 1 heterocycles. The second-order valence-corrected chi connectivity index (χ2v) is 12.8. The quantitative estimate of drug-likeness (QED) is 0.380. The number of carbonyl (C=O) groups excluding carboxylic acids is 2. The predicted octanol–water partition coefficient (Wildman–Crippen LogP) is 5.09. The molecule has 10 heteroatoms. The van der Waals surface area contributed by atoms with Crippen LogP contribution in [0.25, 0.3) is 0 Å². The van der Waals surface area contributed by atoms with Crippen LogP contribution < -0.4 is 14.9 Å². The van der Waals surface area contributed by atoms with Gasteiger partial charge in [0.1, 0.15) is 5.82 Å². The van der Waals surface area contributed by atoms with Gasteiger partial charge in [-0.2, -0.15) is 0 Å². The third kappa shape index (κ3) is 7.10. The van der Waals surface area contributed by atoms with Gasteiger partial charge in [0.05, 0.1) is 10.5 Å². The molecule has 8 nitrogen and oxygen atoms in total. The third-order valence-corrected chi connectivity index (χ3v) is 9.44. The highest BCUT2D eigenvalue weighted by Gasteiger charge is 2.29. The number of nitrogens with zero attached hydrogens (tertiary/aromatic N) is 2. The fraction of sp³-hybridized carbons (Fsp3) is 0.375. The minimum atomic E-state index is -3.88. The number of anilines is 2. The Morgan fingerprint density at radius 3 is 2.31 bits per heavy atom. The molecule has 1 saturated carbocycles. The van der Waals surface area contributed by atoms with Gasteiger partial charge in [-0.05, 0) is 74.2 Å². The highest BCUT2D eigenvalue weighted by Crippen LogP contribution is 2.30. The first-order valence-electron chi connectivity index (χ1n) is 14.5. The number of carbonyl (C=O) groups is 2. The summed E-state index contributed by atoms with van der Waals surface area (Å²) in [5.74, 6) is -0.394. The maximum atomic E-state index is 13.6. The molecule has 0 unspecified atom stereocenters. The van der Waals surface area contributed by atoms with Crippen molar-refractivity contribution in [3.63, 3.8) is 0 Å². The average Bonchev–Trinajstić information content (AvgIpc) is 3.41. The summed E-state index contributed by atoms with van der Waals surface area (Å²) in [6.07, 6.45) is 4.88. The van der Waals surface area contributed by atoms with Crippen LogP contribution >= 0.6 is 0 Å². The molecule has 0 bridgehead atoms. The predicted molar refractivity (Wildman–Crippen MR) is 161 cm³/mol. The molecule has 2 fully saturated rings. The number of amides is 2. The Morgan fingerprint density at radius 2 is 1.60 bits per heavy atom. The number of hydrogen-bond acceptors (Lipinski definition) is 5. The van der Waals surface area contributed by atoms with Crippen molar-refractivity contribution in [2.24, 2.45) is 5.92 Å². The van der Waals surface area contributed by atoms with Crippen LogP contribution in [0.4, 0.5) is 15.8 Å². The van der Waals surface area contributed by atoms with Crippen LogP contribution in [0.1, 0.15) is 53.6 Å². The summed E-state index contributed by atoms with van der Waals surface area (Å²) < 4.78 is 42.1. The zero-order valence-corrected chi connectivity index (χ0v) is 24.6. The fourth-order valence-corrected chi connectivity index (χ4v) is 6.73. The highest BCUT2D eigenvalue weighted by molar-refractivity contribution is 7.92. The molecule has 222 valence electrons. The highest BCUT2D eigenvalue weighted by atomic mass is 32.2. The zero-order chi connectivity index (χ0) is 29.7. The topological polar surface area (TPSA) is 98.8 Å². The maximum absolute atomic E-state index is 13.6. The molecule has 42 heavy (non-hydrogen) atoms. The van der Waals surface area contributed by atoms with Crippen LogP contribution in [0, 0.1) is 18.7 Å². The number of aryl methyl sites for hydroxylation is 1. The van der Waals surface area contributed by atoms with E-state index in [9.17, 15) is 22.4 Å². The monoisotopic (exact) mass is 592 g/mol. The Labute approximate surface area is 247 Å². The van der Waals surface area contributed by atoms with Crippen molar-refractivity contribution < 1.29 is 22.4 Å². The summed E-state index contributed by atoms with van der Waals surface area (Å²) >= 11 is 0. The van der Waals surface area contributed by atoms with Crippen molar-refractivity contribution in [1.82, 2.24) is 10.2 Å². The minimum Gasteiger partial charge on any atom is -0.369 e. The lowest BCUT2D eigenvalue weighted by molar-refractivity contribution is -0.135. The summed E-state index contributed by atoms with van der Waals surface area (Å²) in [7, 11) is -3.88. The van der Waals surface area contributed by atoms with Gasteiger partial charge >= 0.3 is 0 Å². The summed E-state index contributed by atoms with van der Waals surface area (Å²) in [6, 6.07) is 17.4. The van der Waals surface area contributed by atoms with Gasteiger partial charge in [-0.3, -0.25) is 14.3 Å². The first kappa shape index (κ1) is 29.6. The minimum absolute atomic E-state index is 0.116. The van der Waals surface area contributed by atoms with Gasteiger partial charge in [0.2, 0.25) is 5.91 Å². The van der Waals surface area contributed by atoms with Gasteiger partial charge in [-0.1, -0.05) is 42.7 Å². The van der Waals surface area contributed by atoms with E-state index in [-0.39, 0.29) is 40.7 Å². The van der Waals surface area contributed by atoms with Crippen molar-refractivity contribution in [3.05, 3.63) is 89.2 Å². The van der Waals surface area contributed by atoms with Crippen molar-refractivity contribution >= 4 is 33.2 Å². The van der Waals surface area contributed by atoms with Crippen LogP contribution in [0.5, 0.6) is 0 Å².